The first kappa shape index (κ1) is 14.8. The van der Waals surface area contributed by atoms with Gasteiger partial charge in [-0.15, -0.1) is 0 Å². The molecule has 0 bridgehead atoms. The summed E-state index contributed by atoms with van der Waals surface area (Å²) in [7, 11) is 0. The number of hydrogen-bond acceptors (Lipinski definition) is 2. The van der Waals surface area contributed by atoms with E-state index in [1.54, 1.807) is 6.92 Å². The molecular formula is C18H22O2. The third kappa shape index (κ3) is 3.69. The summed E-state index contributed by atoms with van der Waals surface area (Å²) in [5.74, 6) is -1.93. The summed E-state index contributed by atoms with van der Waals surface area (Å²) in [5, 5.41) is 20.5. The van der Waals surface area contributed by atoms with Crippen LogP contribution in [-0.2, 0) is 6.42 Å². The molecule has 0 spiro atoms. The molecule has 2 aromatic carbocycles. The Labute approximate surface area is 120 Å². The van der Waals surface area contributed by atoms with Gasteiger partial charge in [-0.3, -0.25) is 0 Å². The van der Waals surface area contributed by atoms with Crippen molar-refractivity contribution in [2.45, 2.75) is 37.9 Å². The molecule has 0 aliphatic rings. The lowest BCUT2D eigenvalue weighted by atomic mass is 9.84. The lowest BCUT2D eigenvalue weighted by Crippen LogP contribution is -2.35. The molecule has 0 saturated heterocycles. The first-order chi connectivity index (χ1) is 9.63. The molecule has 0 aliphatic carbocycles. The SMILES string of the molecule is CCC(O)(O)[C@@H](CCc1ccccc1)c1ccccc1. The van der Waals surface area contributed by atoms with E-state index in [9.17, 15) is 10.2 Å². The van der Waals surface area contributed by atoms with E-state index in [2.05, 4.69) is 12.1 Å². The Morgan fingerprint density at radius 1 is 0.900 bits per heavy atom. The fourth-order valence-corrected chi connectivity index (χ4v) is 2.55. The van der Waals surface area contributed by atoms with Gasteiger partial charge in [-0.2, -0.15) is 0 Å². The molecule has 0 amide bonds. The molecular weight excluding hydrogens is 248 g/mol. The molecule has 0 fully saturated rings. The molecule has 2 aromatic rings. The van der Waals surface area contributed by atoms with Crippen LogP contribution in [0.25, 0.3) is 0 Å². The molecule has 0 heterocycles. The van der Waals surface area contributed by atoms with Crippen LogP contribution in [0.2, 0.25) is 0 Å². The number of aliphatic hydroxyl groups is 2. The quantitative estimate of drug-likeness (QED) is 0.789. The van der Waals surface area contributed by atoms with Gasteiger partial charge in [0.15, 0.2) is 5.79 Å². The van der Waals surface area contributed by atoms with Crippen LogP contribution in [-0.4, -0.2) is 16.0 Å². The molecule has 0 aromatic heterocycles. The number of benzene rings is 2. The van der Waals surface area contributed by atoms with Gasteiger partial charge in [-0.1, -0.05) is 67.6 Å². The molecule has 0 unspecified atom stereocenters. The van der Waals surface area contributed by atoms with Crippen molar-refractivity contribution in [1.29, 1.82) is 0 Å². The van der Waals surface area contributed by atoms with E-state index in [4.69, 9.17) is 0 Å². The molecule has 1 atom stereocenters. The zero-order valence-corrected chi connectivity index (χ0v) is 11.9. The van der Waals surface area contributed by atoms with Gasteiger partial charge in [-0.25, -0.2) is 0 Å². The highest BCUT2D eigenvalue weighted by Crippen LogP contribution is 2.33. The van der Waals surface area contributed by atoms with Gasteiger partial charge in [0.2, 0.25) is 0 Å². The van der Waals surface area contributed by atoms with Gasteiger partial charge in [0.25, 0.3) is 0 Å². The van der Waals surface area contributed by atoms with Crippen LogP contribution in [0.4, 0.5) is 0 Å². The molecule has 0 aliphatic heterocycles. The van der Waals surface area contributed by atoms with E-state index in [0.717, 1.165) is 18.4 Å². The standard InChI is InChI=1S/C18H22O2/c1-2-18(19,20)17(16-11-7-4-8-12-16)14-13-15-9-5-3-6-10-15/h3-12,17,19-20H,2,13-14H2,1H3/t17-/m0/s1. The maximum absolute atomic E-state index is 10.3. The zero-order chi connectivity index (χ0) is 14.4. The lowest BCUT2D eigenvalue weighted by Gasteiger charge is -2.31. The molecule has 0 radical (unpaired) electrons. The molecule has 2 heteroatoms. The summed E-state index contributed by atoms with van der Waals surface area (Å²) in [6.07, 6.45) is 1.87. The van der Waals surface area contributed by atoms with Crippen LogP contribution in [0.3, 0.4) is 0 Å². The van der Waals surface area contributed by atoms with Crippen molar-refractivity contribution in [2.75, 3.05) is 0 Å². The topological polar surface area (TPSA) is 40.5 Å². The van der Waals surface area contributed by atoms with Crippen molar-refractivity contribution >= 4 is 0 Å². The number of aryl methyl sites for hydroxylation is 1. The lowest BCUT2D eigenvalue weighted by molar-refractivity contribution is -0.182. The minimum Gasteiger partial charge on any atom is -0.365 e. The number of hydrogen-bond donors (Lipinski definition) is 2. The highest BCUT2D eigenvalue weighted by atomic mass is 16.5. The summed E-state index contributed by atoms with van der Waals surface area (Å²) < 4.78 is 0. The second-order valence-corrected chi connectivity index (χ2v) is 5.22. The smallest absolute Gasteiger partial charge is 0.169 e. The van der Waals surface area contributed by atoms with Crippen molar-refractivity contribution < 1.29 is 10.2 Å². The minimum absolute atomic E-state index is 0.270. The minimum atomic E-state index is -1.66. The summed E-state index contributed by atoms with van der Waals surface area (Å²) in [6, 6.07) is 19.9. The average Bonchev–Trinajstić information content (AvgIpc) is 2.49. The molecule has 20 heavy (non-hydrogen) atoms. The fraction of sp³-hybridized carbons (Fsp3) is 0.333. The van der Waals surface area contributed by atoms with E-state index < -0.39 is 5.79 Å². The summed E-state index contributed by atoms with van der Waals surface area (Å²) >= 11 is 0. The van der Waals surface area contributed by atoms with Crippen LogP contribution in [0.15, 0.2) is 60.7 Å². The molecule has 106 valence electrons. The predicted octanol–water partition coefficient (Wildman–Crippen LogP) is 3.49. The maximum atomic E-state index is 10.3. The Bertz CT molecular complexity index is 505. The summed E-state index contributed by atoms with van der Waals surface area (Å²) in [6.45, 7) is 1.80. The normalized spacial score (nSPS) is 13.2. The van der Waals surface area contributed by atoms with Crippen LogP contribution >= 0.6 is 0 Å². The van der Waals surface area contributed by atoms with Crippen LogP contribution in [0.1, 0.15) is 36.8 Å². The second kappa shape index (κ2) is 6.69. The maximum Gasteiger partial charge on any atom is 0.169 e. The summed E-state index contributed by atoms with van der Waals surface area (Å²) in [4.78, 5) is 0. The predicted molar refractivity (Wildman–Crippen MR) is 81.4 cm³/mol. The van der Waals surface area contributed by atoms with Gasteiger partial charge in [0.05, 0.1) is 0 Å². The molecule has 0 saturated carbocycles. The van der Waals surface area contributed by atoms with Crippen molar-refractivity contribution in [2.24, 2.45) is 0 Å². The Morgan fingerprint density at radius 2 is 1.45 bits per heavy atom. The van der Waals surface area contributed by atoms with Gasteiger partial charge >= 0.3 is 0 Å². The van der Waals surface area contributed by atoms with E-state index >= 15 is 0 Å². The van der Waals surface area contributed by atoms with Gasteiger partial charge in [0.1, 0.15) is 0 Å². The third-order valence-electron chi connectivity index (χ3n) is 3.84. The van der Waals surface area contributed by atoms with Crippen molar-refractivity contribution in [1.82, 2.24) is 0 Å². The molecule has 2 nitrogen and oxygen atoms in total. The van der Waals surface area contributed by atoms with E-state index in [1.165, 1.54) is 5.56 Å². The van der Waals surface area contributed by atoms with Crippen molar-refractivity contribution in [3.05, 3.63) is 71.8 Å². The van der Waals surface area contributed by atoms with E-state index in [0.29, 0.717) is 6.42 Å². The van der Waals surface area contributed by atoms with Crippen LogP contribution in [0.5, 0.6) is 0 Å². The van der Waals surface area contributed by atoms with Gasteiger partial charge in [-0.05, 0) is 30.4 Å². The Hall–Kier alpha value is -1.64. The highest BCUT2D eigenvalue weighted by molar-refractivity contribution is 5.23. The first-order valence-corrected chi connectivity index (χ1v) is 7.17. The van der Waals surface area contributed by atoms with Gasteiger partial charge < -0.3 is 10.2 Å². The highest BCUT2D eigenvalue weighted by Gasteiger charge is 2.33. The van der Waals surface area contributed by atoms with E-state index in [-0.39, 0.29) is 5.92 Å². The van der Waals surface area contributed by atoms with E-state index in [1.807, 2.05) is 48.5 Å². The number of rotatable bonds is 6. The Morgan fingerprint density at radius 3 is 2.00 bits per heavy atom. The molecule has 2 N–H and O–H groups in total. The monoisotopic (exact) mass is 270 g/mol. The molecule has 2 rings (SSSR count). The Balaban J connectivity index is 2.16. The van der Waals surface area contributed by atoms with Crippen LogP contribution < -0.4 is 0 Å². The van der Waals surface area contributed by atoms with Crippen LogP contribution in [0, 0.1) is 0 Å². The van der Waals surface area contributed by atoms with Gasteiger partial charge in [0, 0.05) is 5.92 Å². The first-order valence-electron chi connectivity index (χ1n) is 7.17. The van der Waals surface area contributed by atoms with Crippen molar-refractivity contribution in [3.63, 3.8) is 0 Å². The summed E-state index contributed by atoms with van der Waals surface area (Å²) in [5.41, 5.74) is 2.20. The fourth-order valence-electron chi connectivity index (χ4n) is 2.55. The Kier molecular flexibility index (Phi) is 4.94. The second-order valence-electron chi connectivity index (χ2n) is 5.22. The third-order valence-corrected chi connectivity index (χ3v) is 3.84. The zero-order valence-electron chi connectivity index (χ0n) is 11.9. The van der Waals surface area contributed by atoms with Crippen molar-refractivity contribution in [3.8, 4) is 0 Å². The average molecular weight is 270 g/mol. The largest absolute Gasteiger partial charge is 0.365 e.